The van der Waals surface area contributed by atoms with Gasteiger partial charge in [0.25, 0.3) is 11.8 Å². The van der Waals surface area contributed by atoms with Crippen LogP contribution in [0.2, 0.25) is 0 Å². The van der Waals surface area contributed by atoms with Crippen molar-refractivity contribution in [1.82, 2.24) is 9.80 Å². The fraction of sp³-hybridized carbons (Fsp3) is 0.200. The van der Waals surface area contributed by atoms with Crippen molar-refractivity contribution in [2.24, 2.45) is 0 Å². The van der Waals surface area contributed by atoms with Crippen LogP contribution in [0.25, 0.3) is 11.1 Å². The van der Waals surface area contributed by atoms with E-state index in [0.29, 0.717) is 31.7 Å². The third kappa shape index (κ3) is 4.51. The van der Waals surface area contributed by atoms with E-state index in [4.69, 9.17) is 0 Å². The SMILES string of the molecule is O=C(c1ccc(C(F)(F)F)cc1)N1CCN(C(=O)c2ccccc2-c2ccccc2)CC1. The second-order valence-electron chi connectivity index (χ2n) is 7.57. The molecule has 0 atom stereocenters. The van der Waals surface area contributed by atoms with Crippen molar-refractivity contribution in [3.05, 3.63) is 95.6 Å². The van der Waals surface area contributed by atoms with Gasteiger partial charge in [-0.25, -0.2) is 0 Å². The highest BCUT2D eigenvalue weighted by Gasteiger charge is 2.31. The van der Waals surface area contributed by atoms with Crippen LogP contribution in [0.3, 0.4) is 0 Å². The molecular formula is C25H21F3N2O2. The minimum atomic E-state index is -4.44. The van der Waals surface area contributed by atoms with Gasteiger partial charge in [0.1, 0.15) is 0 Å². The Morgan fingerprint density at radius 1 is 0.656 bits per heavy atom. The van der Waals surface area contributed by atoms with E-state index in [2.05, 4.69) is 0 Å². The standard InChI is InChI=1S/C25H21F3N2O2/c26-25(27,28)20-12-10-19(11-13-20)23(31)29-14-16-30(17-15-29)24(32)22-9-5-4-8-21(22)18-6-2-1-3-7-18/h1-13H,14-17H2. The molecule has 0 aliphatic carbocycles. The van der Waals surface area contributed by atoms with Crippen LogP contribution < -0.4 is 0 Å². The Hall–Kier alpha value is -3.61. The summed E-state index contributed by atoms with van der Waals surface area (Å²) in [7, 11) is 0. The molecule has 3 aromatic rings. The number of halogens is 3. The van der Waals surface area contributed by atoms with Gasteiger partial charge in [-0.05, 0) is 41.5 Å². The molecule has 0 bridgehead atoms. The molecule has 1 fully saturated rings. The van der Waals surface area contributed by atoms with E-state index >= 15 is 0 Å². The number of amides is 2. The van der Waals surface area contributed by atoms with Gasteiger partial charge in [-0.2, -0.15) is 13.2 Å². The van der Waals surface area contributed by atoms with Gasteiger partial charge in [-0.15, -0.1) is 0 Å². The van der Waals surface area contributed by atoms with Crippen molar-refractivity contribution in [3.63, 3.8) is 0 Å². The van der Waals surface area contributed by atoms with Gasteiger partial charge in [0.05, 0.1) is 5.56 Å². The Morgan fingerprint density at radius 2 is 1.19 bits per heavy atom. The largest absolute Gasteiger partial charge is 0.416 e. The second-order valence-corrected chi connectivity index (χ2v) is 7.57. The monoisotopic (exact) mass is 438 g/mol. The number of piperazine rings is 1. The predicted molar refractivity (Wildman–Crippen MR) is 115 cm³/mol. The summed E-state index contributed by atoms with van der Waals surface area (Å²) in [5.74, 6) is -0.443. The van der Waals surface area contributed by atoms with Crippen LogP contribution >= 0.6 is 0 Å². The summed E-state index contributed by atoms with van der Waals surface area (Å²) < 4.78 is 38.2. The first-order valence-corrected chi connectivity index (χ1v) is 10.2. The van der Waals surface area contributed by atoms with E-state index in [1.807, 2.05) is 48.5 Å². The summed E-state index contributed by atoms with van der Waals surface area (Å²) in [5.41, 5.74) is 1.81. The van der Waals surface area contributed by atoms with E-state index < -0.39 is 11.7 Å². The first-order valence-electron chi connectivity index (χ1n) is 10.2. The van der Waals surface area contributed by atoms with Gasteiger partial charge in [-0.3, -0.25) is 9.59 Å². The lowest BCUT2D eigenvalue weighted by molar-refractivity contribution is -0.137. The molecule has 1 aliphatic heterocycles. The van der Waals surface area contributed by atoms with Crippen LogP contribution in [0.15, 0.2) is 78.9 Å². The van der Waals surface area contributed by atoms with Crippen molar-refractivity contribution in [3.8, 4) is 11.1 Å². The molecular weight excluding hydrogens is 417 g/mol. The second kappa shape index (κ2) is 8.86. The highest BCUT2D eigenvalue weighted by atomic mass is 19.4. The van der Waals surface area contributed by atoms with Gasteiger partial charge in [0.15, 0.2) is 0 Å². The van der Waals surface area contributed by atoms with Crippen molar-refractivity contribution in [2.45, 2.75) is 6.18 Å². The van der Waals surface area contributed by atoms with Crippen LogP contribution in [-0.4, -0.2) is 47.8 Å². The van der Waals surface area contributed by atoms with Crippen LogP contribution in [0, 0.1) is 0 Å². The van der Waals surface area contributed by atoms with Crippen LogP contribution in [0.4, 0.5) is 13.2 Å². The molecule has 0 aromatic heterocycles. The molecule has 4 rings (SSSR count). The zero-order valence-electron chi connectivity index (χ0n) is 17.2. The topological polar surface area (TPSA) is 40.6 Å². The van der Waals surface area contributed by atoms with Crippen molar-refractivity contribution in [1.29, 1.82) is 0 Å². The molecule has 164 valence electrons. The lowest BCUT2D eigenvalue weighted by Crippen LogP contribution is -2.50. The number of hydrogen-bond donors (Lipinski definition) is 0. The Labute approximate surface area is 183 Å². The molecule has 0 saturated carbocycles. The molecule has 7 heteroatoms. The predicted octanol–water partition coefficient (Wildman–Crippen LogP) is 4.97. The Kier molecular flexibility index (Phi) is 5.99. The smallest absolute Gasteiger partial charge is 0.335 e. The molecule has 32 heavy (non-hydrogen) atoms. The van der Waals surface area contributed by atoms with E-state index in [9.17, 15) is 22.8 Å². The van der Waals surface area contributed by atoms with Crippen LogP contribution in [0.1, 0.15) is 26.3 Å². The normalized spacial score (nSPS) is 14.3. The zero-order chi connectivity index (χ0) is 22.7. The molecule has 3 aromatic carbocycles. The van der Waals surface area contributed by atoms with E-state index in [1.165, 1.54) is 12.1 Å². The van der Waals surface area contributed by atoms with Crippen molar-refractivity contribution in [2.75, 3.05) is 26.2 Å². The van der Waals surface area contributed by atoms with E-state index in [0.717, 1.165) is 23.3 Å². The Balaban J connectivity index is 1.43. The number of carbonyl (C=O) groups is 2. The average Bonchev–Trinajstić information content (AvgIpc) is 2.83. The summed E-state index contributed by atoms with van der Waals surface area (Å²) in [5, 5.41) is 0. The first kappa shape index (κ1) is 21.6. The first-order chi connectivity index (χ1) is 15.3. The molecule has 1 aliphatic rings. The third-order valence-corrected chi connectivity index (χ3v) is 5.56. The molecule has 0 N–H and O–H groups in total. The number of alkyl halides is 3. The van der Waals surface area contributed by atoms with E-state index in [-0.39, 0.29) is 17.4 Å². The molecule has 1 saturated heterocycles. The molecule has 0 radical (unpaired) electrons. The van der Waals surface area contributed by atoms with Gasteiger partial charge < -0.3 is 9.80 Å². The highest BCUT2D eigenvalue weighted by molar-refractivity contribution is 6.01. The maximum Gasteiger partial charge on any atom is 0.416 e. The third-order valence-electron chi connectivity index (χ3n) is 5.56. The summed E-state index contributed by atoms with van der Waals surface area (Å²) in [4.78, 5) is 29.1. The molecule has 2 amide bonds. The Morgan fingerprint density at radius 3 is 1.78 bits per heavy atom. The number of hydrogen-bond acceptors (Lipinski definition) is 2. The minimum absolute atomic E-state index is 0.105. The average molecular weight is 438 g/mol. The fourth-order valence-corrected chi connectivity index (χ4v) is 3.81. The summed E-state index contributed by atoms with van der Waals surface area (Å²) >= 11 is 0. The van der Waals surface area contributed by atoms with Crippen LogP contribution in [0.5, 0.6) is 0 Å². The Bertz CT molecular complexity index is 1100. The summed E-state index contributed by atoms with van der Waals surface area (Å²) in [6.45, 7) is 1.35. The lowest BCUT2D eigenvalue weighted by Gasteiger charge is -2.35. The van der Waals surface area contributed by atoms with Crippen LogP contribution in [-0.2, 0) is 6.18 Å². The molecule has 0 spiro atoms. The number of benzene rings is 3. The van der Waals surface area contributed by atoms with Gasteiger partial charge >= 0.3 is 6.18 Å². The maximum atomic E-state index is 13.2. The molecule has 1 heterocycles. The molecule has 4 nitrogen and oxygen atoms in total. The van der Waals surface area contributed by atoms with E-state index in [1.54, 1.807) is 15.9 Å². The van der Waals surface area contributed by atoms with Crippen molar-refractivity contribution >= 4 is 11.8 Å². The van der Waals surface area contributed by atoms with Crippen molar-refractivity contribution < 1.29 is 22.8 Å². The number of rotatable bonds is 3. The van der Waals surface area contributed by atoms with Gasteiger partial charge in [0, 0.05) is 37.3 Å². The molecule has 0 unspecified atom stereocenters. The maximum absolute atomic E-state index is 13.2. The number of nitrogens with zero attached hydrogens (tertiary/aromatic N) is 2. The number of carbonyl (C=O) groups excluding carboxylic acids is 2. The van der Waals surface area contributed by atoms with Gasteiger partial charge in [0.2, 0.25) is 0 Å². The summed E-state index contributed by atoms with van der Waals surface area (Å²) in [6.07, 6.45) is -4.44. The summed E-state index contributed by atoms with van der Waals surface area (Å²) in [6, 6.07) is 21.3. The highest BCUT2D eigenvalue weighted by Crippen LogP contribution is 2.29. The zero-order valence-corrected chi connectivity index (χ0v) is 17.2. The quantitative estimate of drug-likeness (QED) is 0.579. The minimum Gasteiger partial charge on any atom is -0.335 e. The lowest BCUT2D eigenvalue weighted by atomic mass is 9.98. The van der Waals surface area contributed by atoms with Gasteiger partial charge in [-0.1, -0.05) is 48.5 Å². The fourth-order valence-electron chi connectivity index (χ4n) is 3.81.